The fraction of sp³-hybridized carbons (Fsp3) is 0.667. The average Bonchev–Trinajstić information content (AvgIpc) is 2.25. The van der Waals surface area contributed by atoms with E-state index in [9.17, 15) is 9.59 Å². The van der Waals surface area contributed by atoms with E-state index in [4.69, 9.17) is 10.5 Å². The van der Waals surface area contributed by atoms with E-state index < -0.39 is 17.6 Å². The van der Waals surface area contributed by atoms with E-state index in [0.717, 1.165) is 5.57 Å². The maximum Gasteiger partial charge on any atom is 0.355 e. The highest BCUT2D eigenvalue weighted by Gasteiger charge is 2.51. The first-order valence-electron chi connectivity index (χ1n) is 5.86. The smallest absolute Gasteiger partial charge is 0.355 e. The van der Waals surface area contributed by atoms with Crippen LogP contribution in [0.5, 0.6) is 0 Å². The second-order valence-electron chi connectivity index (χ2n) is 5.57. The molecule has 0 radical (unpaired) electrons. The summed E-state index contributed by atoms with van der Waals surface area (Å²) in [6, 6.07) is -0.500. The van der Waals surface area contributed by atoms with Gasteiger partial charge in [0.15, 0.2) is 0 Å². The number of rotatable bonds is 1. The number of β-lactam (4-membered cyclic amide) rings is 1. The van der Waals surface area contributed by atoms with E-state index in [0.29, 0.717) is 11.4 Å². The van der Waals surface area contributed by atoms with Crippen molar-refractivity contribution >= 4 is 23.6 Å². The standard InChI is InChI=1S/C12H18N2O3S/c1-6-5-18-10-7(13)9(15)14(10)8(6)11(16)17-12(2,3)4/h7,10H,5,13H2,1-4H3/t7?,10-/m0/s1. The van der Waals surface area contributed by atoms with Gasteiger partial charge < -0.3 is 10.5 Å². The Kier molecular flexibility index (Phi) is 3.19. The molecule has 0 aliphatic carbocycles. The average molecular weight is 270 g/mol. The van der Waals surface area contributed by atoms with Gasteiger partial charge in [0.2, 0.25) is 5.91 Å². The Bertz CT molecular complexity index is 439. The highest BCUT2D eigenvalue weighted by molar-refractivity contribution is 8.00. The maximum atomic E-state index is 12.1. The molecule has 1 unspecified atom stereocenters. The van der Waals surface area contributed by atoms with E-state index in [1.54, 1.807) is 32.5 Å². The zero-order valence-electron chi connectivity index (χ0n) is 11.0. The highest BCUT2D eigenvalue weighted by Crippen LogP contribution is 2.39. The molecule has 0 aromatic rings. The van der Waals surface area contributed by atoms with Gasteiger partial charge in [0.25, 0.3) is 0 Å². The third-order valence-electron chi connectivity index (χ3n) is 2.79. The molecule has 5 nitrogen and oxygen atoms in total. The van der Waals surface area contributed by atoms with Gasteiger partial charge in [-0.3, -0.25) is 9.69 Å². The molecule has 18 heavy (non-hydrogen) atoms. The Balaban J connectivity index is 2.25. The van der Waals surface area contributed by atoms with Gasteiger partial charge in [-0.05, 0) is 33.3 Å². The Morgan fingerprint density at radius 3 is 2.67 bits per heavy atom. The molecule has 0 spiro atoms. The van der Waals surface area contributed by atoms with Crippen molar-refractivity contribution in [3.05, 3.63) is 11.3 Å². The van der Waals surface area contributed by atoms with Crippen LogP contribution in [0, 0.1) is 0 Å². The van der Waals surface area contributed by atoms with Crippen molar-refractivity contribution in [3.63, 3.8) is 0 Å². The molecule has 1 fully saturated rings. The molecule has 0 bridgehead atoms. The number of esters is 1. The van der Waals surface area contributed by atoms with Gasteiger partial charge in [0, 0.05) is 5.75 Å². The summed E-state index contributed by atoms with van der Waals surface area (Å²) in [7, 11) is 0. The topological polar surface area (TPSA) is 72.6 Å². The molecular weight excluding hydrogens is 252 g/mol. The van der Waals surface area contributed by atoms with Crippen LogP contribution >= 0.6 is 11.8 Å². The summed E-state index contributed by atoms with van der Waals surface area (Å²) in [5, 5.41) is -0.122. The van der Waals surface area contributed by atoms with E-state index in [-0.39, 0.29) is 11.3 Å². The molecule has 0 aromatic carbocycles. The molecule has 1 saturated heterocycles. The van der Waals surface area contributed by atoms with Crippen molar-refractivity contribution in [3.8, 4) is 0 Å². The largest absolute Gasteiger partial charge is 0.455 e. The van der Waals surface area contributed by atoms with Crippen LogP contribution in [0.4, 0.5) is 0 Å². The van der Waals surface area contributed by atoms with E-state index >= 15 is 0 Å². The molecule has 2 aliphatic heterocycles. The lowest BCUT2D eigenvalue weighted by Crippen LogP contribution is -2.68. The number of carbonyl (C=O) groups is 2. The fourth-order valence-corrected chi connectivity index (χ4v) is 3.23. The van der Waals surface area contributed by atoms with Gasteiger partial charge in [-0.2, -0.15) is 0 Å². The molecule has 0 aromatic heterocycles. The maximum absolute atomic E-state index is 12.1. The summed E-state index contributed by atoms with van der Waals surface area (Å²) >= 11 is 1.59. The third-order valence-corrected chi connectivity index (χ3v) is 4.24. The van der Waals surface area contributed by atoms with Gasteiger partial charge in [0.05, 0.1) is 0 Å². The molecule has 0 saturated carbocycles. The molecule has 6 heteroatoms. The molecular formula is C12H18N2O3S. The lowest BCUT2D eigenvalue weighted by atomic mass is 10.0. The van der Waals surface area contributed by atoms with Crippen LogP contribution in [0.1, 0.15) is 27.7 Å². The van der Waals surface area contributed by atoms with E-state index in [2.05, 4.69) is 0 Å². The summed E-state index contributed by atoms with van der Waals surface area (Å²) in [6.07, 6.45) is 0. The Hall–Kier alpha value is -1.01. The predicted octanol–water partition coefficient (Wildman–Crippen LogP) is 0.845. The summed E-state index contributed by atoms with van der Waals surface area (Å²) in [5.41, 5.74) is 6.40. The number of ether oxygens (including phenoxy) is 1. The van der Waals surface area contributed by atoms with Gasteiger partial charge in [-0.15, -0.1) is 11.8 Å². The van der Waals surface area contributed by atoms with Crippen LogP contribution in [0.3, 0.4) is 0 Å². The van der Waals surface area contributed by atoms with E-state index in [1.807, 2.05) is 6.92 Å². The number of fused-ring (bicyclic) bond motifs is 1. The number of hydrogen-bond acceptors (Lipinski definition) is 5. The van der Waals surface area contributed by atoms with Crippen molar-refractivity contribution in [2.24, 2.45) is 5.73 Å². The van der Waals surface area contributed by atoms with E-state index in [1.165, 1.54) is 4.90 Å². The molecule has 2 aliphatic rings. The van der Waals surface area contributed by atoms with Crippen molar-refractivity contribution in [1.29, 1.82) is 0 Å². The van der Waals surface area contributed by atoms with Crippen molar-refractivity contribution in [2.75, 3.05) is 5.75 Å². The van der Waals surface area contributed by atoms with Crippen molar-refractivity contribution in [1.82, 2.24) is 4.90 Å². The predicted molar refractivity (Wildman–Crippen MR) is 69.6 cm³/mol. The molecule has 1 amide bonds. The summed E-state index contributed by atoms with van der Waals surface area (Å²) in [4.78, 5) is 25.4. The minimum atomic E-state index is -0.569. The van der Waals surface area contributed by atoms with Crippen molar-refractivity contribution < 1.29 is 14.3 Å². The monoisotopic (exact) mass is 270 g/mol. The zero-order valence-corrected chi connectivity index (χ0v) is 11.8. The first-order chi connectivity index (χ1) is 8.22. The fourth-order valence-electron chi connectivity index (χ4n) is 1.99. The minimum absolute atomic E-state index is 0.122. The van der Waals surface area contributed by atoms with Crippen LogP contribution in [0.15, 0.2) is 11.3 Å². The first-order valence-corrected chi connectivity index (χ1v) is 6.90. The SMILES string of the molecule is CC1=C(C(=O)OC(C)(C)C)N2C(=O)C(N)[C@@H]2SC1. The van der Waals surface area contributed by atoms with Gasteiger partial charge in [-0.25, -0.2) is 4.79 Å². The number of carbonyl (C=O) groups excluding carboxylic acids is 2. The third kappa shape index (κ3) is 2.14. The normalized spacial score (nSPS) is 27.8. The molecule has 2 atom stereocenters. The first kappa shape index (κ1) is 13.4. The number of thioether (sulfide) groups is 1. The lowest BCUT2D eigenvalue weighted by Gasteiger charge is -2.48. The van der Waals surface area contributed by atoms with Crippen LogP contribution < -0.4 is 5.73 Å². The summed E-state index contributed by atoms with van der Waals surface area (Å²) in [5.74, 6) is 0.0643. The molecule has 100 valence electrons. The summed E-state index contributed by atoms with van der Waals surface area (Å²) in [6.45, 7) is 7.26. The van der Waals surface area contributed by atoms with Crippen LogP contribution in [-0.2, 0) is 14.3 Å². The molecule has 2 N–H and O–H groups in total. The number of nitrogens with two attached hydrogens (primary N) is 1. The number of hydrogen-bond donors (Lipinski definition) is 1. The van der Waals surface area contributed by atoms with Crippen LogP contribution in [0.2, 0.25) is 0 Å². The zero-order chi connectivity index (χ0) is 13.7. The highest BCUT2D eigenvalue weighted by atomic mass is 32.2. The quantitative estimate of drug-likeness (QED) is 0.565. The summed E-state index contributed by atoms with van der Waals surface area (Å²) < 4.78 is 5.34. The lowest BCUT2D eigenvalue weighted by molar-refractivity contribution is -0.158. The Labute approximate surface area is 111 Å². The van der Waals surface area contributed by atoms with Crippen LogP contribution in [-0.4, -0.2) is 39.5 Å². The molecule has 2 rings (SSSR count). The Morgan fingerprint density at radius 2 is 2.11 bits per heavy atom. The van der Waals surface area contributed by atoms with Gasteiger partial charge >= 0.3 is 5.97 Å². The second-order valence-corrected chi connectivity index (χ2v) is 6.67. The van der Waals surface area contributed by atoms with Crippen LogP contribution in [0.25, 0.3) is 0 Å². The molecule has 2 heterocycles. The minimum Gasteiger partial charge on any atom is -0.455 e. The second kappa shape index (κ2) is 4.28. The number of amides is 1. The van der Waals surface area contributed by atoms with Gasteiger partial charge in [-0.1, -0.05) is 0 Å². The van der Waals surface area contributed by atoms with Crippen molar-refractivity contribution in [2.45, 2.75) is 44.7 Å². The van der Waals surface area contributed by atoms with Gasteiger partial charge in [0.1, 0.15) is 22.7 Å². The number of nitrogens with zero attached hydrogens (tertiary/aromatic N) is 1. The Morgan fingerprint density at radius 1 is 1.50 bits per heavy atom.